The van der Waals surface area contributed by atoms with Gasteiger partial charge in [0.1, 0.15) is 5.84 Å². The summed E-state index contributed by atoms with van der Waals surface area (Å²) in [7, 11) is 0. The van der Waals surface area contributed by atoms with Gasteiger partial charge in [-0.15, -0.1) is 0 Å². The molecule has 0 aromatic heterocycles. The first-order valence-electron chi connectivity index (χ1n) is 9.31. The van der Waals surface area contributed by atoms with Crippen LogP contribution >= 0.6 is 15.9 Å². The van der Waals surface area contributed by atoms with Crippen LogP contribution in [0, 0.1) is 10.9 Å². The van der Waals surface area contributed by atoms with E-state index >= 15 is 0 Å². The highest BCUT2D eigenvalue weighted by Crippen LogP contribution is 2.13. The quantitative estimate of drug-likeness (QED) is 0.205. The molecular formula is C21H21BrN6O2. The first-order valence-corrected chi connectivity index (χ1v) is 10.1. The predicted octanol–water partition coefficient (Wildman–Crippen LogP) is 3.31. The van der Waals surface area contributed by atoms with Crippen LogP contribution in [0.4, 0.5) is 0 Å². The van der Waals surface area contributed by atoms with Gasteiger partial charge in [0.15, 0.2) is 0 Å². The smallest absolute Gasteiger partial charge is 0.253 e. The molecule has 0 radical (unpaired) electrons. The normalized spacial score (nSPS) is 13.9. The SMILES string of the molecule is N=NNC(=N)c1ccc(C(=O)N2CCN(C(=O)/C=C/c3ccc(Br)cc3)CC2)cc1. The molecule has 1 aliphatic rings. The number of amidine groups is 1. The summed E-state index contributed by atoms with van der Waals surface area (Å²) in [5.41, 5.74) is 11.0. The lowest BCUT2D eigenvalue weighted by Gasteiger charge is -2.34. The van der Waals surface area contributed by atoms with Crippen molar-refractivity contribution in [3.63, 3.8) is 0 Å². The van der Waals surface area contributed by atoms with Crippen molar-refractivity contribution in [2.24, 2.45) is 5.22 Å². The minimum atomic E-state index is -0.108. The monoisotopic (exact) mass is 468 g/mol. The van der Waals surface area contributed by atoms with E-state index in [9.17, 15) is 9.59 Å². The second-order valence-electron chi connectivity index (χ2n) is 6.68. The molecule has 30 heavy (non-hydrogen) atoms. The summed E-state index contributed by atoms with van der Waals surface area (Å²) in [6.45, 7) is 1.89. The molecule has 1 saturated heterocycles. The number of hydrogen-bond acceptors (Lipinski definition) is 5. The third-order valence-corrected chi connectivity index (χ3v) is 5.28. The van der Waals surface area contributed by atoms with Crippen LogP contribution < -0.4 is 5.43 Å². The Bertz CT molecular complexity index is 964. The van der Waals surface area contributed by atoms with E-state index in [2.05, 4.69) is 26.6 Å². The van der Waals surface area contributed by atoms with Crippen LogP contribution in [0.1, 0.15) is 21.5 Å². The summed E-state index contributed by atoms with van der Waals surface area (Å²) >= 11 is 3.38. The molecule has 9 heteroatoms. The van der Waals surface area contributed by atoms with Crippen molar-refractivity contribution in [1.82, 2.24) is 15.2 Å². The molecule has 8 nitrogen and oxygen atoms in total. The van der Waals surface area contributed by atoms with Crippen molar-refractivity contribution in [1.29, 1.82) is 10.9 Å². The van der Waals surface area contributed by atoms with Crippen LogP contribution in [0.15, 0.2) is 64.3 Å². The molecule has 2 aromatic rings. The van der Waals surface area contributed by atoms with E-state index in [0.717, 1.165) is 10.0 Å². The maximum atomic E-state index is 12.7. The molecule has 0 bridgehead atoms. The van der Waals surface area contributed by atoms with Crippen LogP contribution in [0.2, 0.25) is 0 Å². The van der Waals surface area contributed by atoms with Crippen LogP contribution in [-0.4, -0.2) is 53.6 Å². The Morgan fingerprint density at radius 1 is 0.933 bits per heavy atom. The van der Waals surface area contributed by atoms with E-state index in [0.29, 0.717) is 37.3 Å². The summed E-state index contributed by atoms with van der Waals surface area (Å²) in [5.74, 6) is -0.184. The maximum Gasteiger partial charge on any atom is 0.253 e. The zero-order valence-corrected chi connectivity index (χ0v) is 17.7. The van der Waals surface area contributed by atoms with Gasteiger partial charge in [-0.2, -0.15) is 5.53 Å². The molecule has 3 rings (SSSR count). The number of carbonyl (C=O) groups is 2. The Kier molecular flexibility index (Phi) is 7.08. The molecule has 154 valence electrons. The summed E-state index contributed by atoms with van der Waals surface area (Å²) in [6.07, 6.45) is 3.35. The fourth-order valence-corrected chi connectivity index (χ4v) is 3.32. The van der Waals surface area contributed by atoms with Crippen molar-refractivity contribution in [2.45, 2.75) is 0 Å². The first kappa shape index (κ1) is 21.4. The zero-order valence-electron chi connectivity index (χ0n) is 16.1. The Morgan fingerprint density at radius 2 is 1.50 bits per heavy atom. The molecule has 1 aliphatic heterocycles. The molecule has 0 spiro atoms. The van der Waals surface area contributed by atoms with Crippen LogP contribution in [0.3, 0.4) is 0 Å². The Balaban J connectivity index is 1.53. The van der Waals surface area contributed by atoms with Crippen molar-refractivity contribution in [3.8, 4) is 0 Å². The highest BCUT2D eigenvalue weighted by Gasteiger charge is 2.24. The molecule has 0 aliphatic carbocycles. The second kappa shape index (κ2) is 9.93. The van der Waals surface area contributed by atoms with E-state index in [4.69, 9.17) is 10.9 Å². The number of hydrogen-bond donors (Lipinski definition) is 3. The van der Waals surface area contributed by atoms with Crippen LogP contribution in [0.25, 0.3) is 6.08 Å². The minimum Gasteiger partial charge on any atom is -0.336 e. The average Bonchev–Trinajstić information content (AvgIpc) is 2.78. The van der Waals surface area contributed by atoms with Gasteiger partial charge in [0.05, 0.1) is 0 Å². The summed E-state index contributed by atoms with van der Waals surface area (Å²) in [6, 6.07) is 14.3. The standard InChI is InChI=1S/C21H21BrN6O2/c22-18-8-1-15(2-9-18)3-10-19(29)27-11-13-28(14-12-27)21(30)17-6-4-16(5-7-17)20(23)25-26-24/h1-10H,11-14H2,(H3,23,24,25)/b10-3+. The maximum absolute atomic E-state index is 12.7. The highest BCUT2D eigenvalue weighted by atomic mass is 79.9. The van der Waals surface area contributed by atoms with Crippen LogP contribution in [0.5, 0.6) is 0 Å². The molecule has 2 amide bonds. The first-order chi connectivity index (χ1) is 14.5. The highest BCUT2D eigenvalue weighted by molar-refractivity contribution is 9.10. The van der Waals surface area contributed by atoms with E-state index in [1.807, 2.05) is 24.3 Å². The van der Waals surface area contributed by atoms with Crippen molar-refractivity contribution >= 4 is 39.7 Å². The Morgan fingerprint density at radius 3 is 2.10 bits per heavy atom. The molecule has 2 aromatic carbocycles. The van der Waals surface area contributed by atoms with Gasteiger partial charge in [-0.05, 0) is 35.9 Å². The number of halogens is 1. The molecule has 1 heterocycles. The average molecular weight is 469 g/mol. The third-order valence-electron chi connectivity index (χ3n) is 4.76. The lowest BCUT2D eigenvalue weighted by atomic mass is 10.1. The topological polar surface area (TPSA) is 113 Å². The number of piperazine rings is 1. The largest absolute Gasteiger partial charge is 0.336 e. The molecule has 0 atom stereocenters. The van der Waals surface area contributed by atoms with Crippen molar-refractivity contribution < 1.29 is 9.59 Å². The third kappa shape index (κ3) is 5.38. The van der Waals surface area contributed by atoms with Gasteiger partial charge < -0.3 is 9.80 Å². The minimum absolute atomic E-state index is 0.00711. The number of carbonyl (C=O) groups excluding carboxylic acids is 2. The van der Waals surface area contributed by atoms with Crippen molar-refractivity contribution in [3.05, 3.63) is 75.8 Å². The van der Waals surface area contributed by atoms with E-state index in [-0.39, 0.29) is 17.6 Å². The van der Waals surface area contributed by atoms with Gasteiger partial charge in [-0.3, -0.25) is 15.0 Å². The van der Waals surface area contributed by atoms with Gasteiger partial charge >= 0.3 is 0 Å². The Hall–Kier alpha value is -3.33. The Labute approximate surface area is 182 Å². The van der Waals surface area contributed by atoms with E-state index in [1.54, 1.807) is 46.2 Å². The fraction of sp³-hybridized carbons (Fsp3) is 0.190. The number of nitrogens with zero attached hydrogens (tertiary/aromatic N) is 3. The van der Waals surface area contributed by atoms with E-state index in [1.165, 1.54) is 0 Å². The fourth-order valence-electron chi connectivity index (χ4n) is 3.06. The number of benzene rings is 2. The summed E-state index contributed by atoms with van der Waals surface area (Å²) < 4.78 is 0.986. The summed E-state index contributed by atoms with van der Waals surface area (Å²) in [4.78, 5) is 28.6. The number of rotatable bonds is 5. The molecular weight excluding hydrogens is 448 g/mol. The lowest BCUT2D eigenvalue weighted by Crippen LogP contribution is -2.50. The summed E-state index contributed by atoms with van der Waals surface area (Å²) in [5, 5.41) is 10.7. The second-order valence-corrected chi connectivity index (χ2v) is 7.59. The van der Waals surface area contributed by atoms with Gasteiger partial charge in [0, 0.05) is 47.9 Å². The van der Waals surface area contributed by atoms with Gasteiger partial charge in [0.25, 0.3) is 5.91 Å². The van der Waals surface area contributed by atoms with Gasteiger partial charge in [0.2, 0.25) is 5.91 Å². The molecule has 0 unspecified atom stereocenters. The lowest BCUT2D eigenvalue weighted by molar-refractivity contribution is -0.127. The van der Waals surface area contributed by atoms with Gasteiger partial charge in [-0.25, -0.2) is 5.43 Å². The number of amides is 2. The zero-order chi connectivity index (χ0) is 21.5. The van der Waals surface area contributed by atoms with E-state index < -0.39 is 0 Å². The van der Waals surface area contributed by atoms with Gasteiger partial charge in [-0.1, -0.05) is 45.4 Å². The predicted molar refractivity (Wildman–Crippen MR) is 117 cm³/mol. The molecule has 0 saturated carbocycles. The van der Waals surface area contributed by atoms with Crippen molar-refractivity contribution in [2.75, 3.05) is 26.2 Å². The van der Waals surface area contributed by atoms with Crippen LogP contribution in [-0.2, 0) is 4.79 Å². The molecule has 3 N–H and O–H groups in total. The molecule has 1 fully saturated rings. The number of nitrogens with one attached hydrogen (secondary N) is 3.